The lowest BCUT2D eigenvalue weighted by Gasteiger charge is -2.37. The summed E-state index contributed by atoms with van der Waals surface area (Å²) in [6.07, 6.45) is 4.63. The van der Waals surface area contributed by atoms with E-state index in [0.717, 1.165) is 56.7 Å². The highest BCUT2D eigenvalue weighted by Gasteiger charge is 2.27. The number of likely N-dealkylation sites (N-methyl/N-ethyl adjacent to an activating group) is 1. The number of piperazine rings is 1. The molecule has 2 aliphatic rings. The number of halogens is 1. The fraction of sp³-hybridized carbons (Fsp3) is 0.407. The van der Waals surface area contributed by atoms with Crippen LogP contribution in [0.1, 0.15) is 39.2 Å². The number of anilines is 1. The summed E-state index contributed by atoms with van der Waals surface area (Å²) in [6.45, 7) is 8.45. The number of carbonyl (C=O) groups is 1. The average Bonchev–Trinajstić information content (AvgIpc) is 3.30. The third-order valence-corrected chi connectivity index (χ3v) is 7.48. The molecule has 0 saturated carbocycles. The van der Waals surface area contributed by atoms with Crippen LogP contribution in [0.2, 0.25) is 5.02 Å². The maximum Gasteiger partial charge on any atom is 0.272 e. The van der Waals surface area contributed by atoms with E-state index < -0.39 is 0 Å². The number of benzene rings is 2. The van der Waals surface area contributed by atoms with Crippen molar-refractivity contribution in [3.63, 3.8) is 0 Å². The quantitative estimate of drug-likeness (QED) is 0.612. The van der Waals surface area contributed by atoms with E-state index in [0.29, 0.717) is 10.7 Å². The Bertz CT molecular complexity index is 1210. The van der Waals surface area contributed by atoms with Crippen molar-refractivity contribution in [2.45, 2.75) is 39.2 Å². The molecular formula is C27H32ClN5O. The molecule has 2 aromatic carbocycles. The molecule has 0 unspecified atom stereocenters. The first-order chi connectivity index (χ1) is 16.4. The molecule has 1 fully saturated rings. The number of hydrogen-bond acceptors (Lipinski definition) is 4. The smallest absolute Gasteiger partial charge is 0.272 e. The summed E-state index contributed by atoms with van der Waals surface area (Å²) in [5, 5.41) is 8.49. The molecule has 0 radical (unpaired) electrons. The van der Waals surface area contributed by atoms with Crippen molar-refractivity contribution in [2.75, 3.05) is 38.1 Å². The molecule has 34 heavy (non-hydrogen) atoms. The molecular weight excluding hydrogens is 446 g/mol. The molecule has 0 spiro atoms. The fourth-order valence-electron chi connectivity index (χ4n) is 5.22. The summed E-state index contributed by atoms with van der Waals surface area (Å²) in [5.41, 5.74) is 7.93. The summed E-state index contributed by atoms with van der Waals surface area (Å²) < 4.78 is 1.74. The van der Waals surface area contributed by atoms with Crippen molar-refractivity contribution in [1.29, 1.82) is 0 Å². The van der Waals surface area contributed by atoms with Gasteiger partial charge in [0.1, 0.15) is 0 Å². The van der Waals surface area contributed by atoms with Crippen LogP contribution in [-0.4, -0.2) is 59.9 Å². The minimum atomic E-state index is -0.118. The lowest BCUT2D eigenvalue weighted by Crippen LogP contribution is -2.45. The van der Waals surface area contributed by atoms with Gasteiger partial charge in [0.05, 0.1) is 5.69 Å². The van der Waals surface area contributed by atoms with Gasteiger partial charge in [0.25, 0.3) is 5.91 Å². The van der Waals surface area contributed by atoms with Crippen LogP contribution >= 0.6 is 11.6 Å². The minimum Gasteiger partial charge on any atom is -0.369 e. The predicted octanol–water partition coefficient (Wildman–Crippen LogP) is 4.18. The Morgan fingerprint density at radius 2 is 1.76 bits per heavy atom. The molecule has 1 aromatic heterocycles. The zero-order valence-corrected chi connectivity index (χ0v) is 20.9. The first-order valence-corrected chi connectivity index (χ1v) is 12.4. The second-order valence-electron chi connectivity index (χ2n) is 9.64. The van der Waals surface area contributed by atoms with Crippen LogP contribution in [0.3, 0.4) is 0 Å². The molecule has 3 aromatic rings. The van der Waals surface area contributed by atoms with Crippen molar-refractivity contribution in [3.8, 4) is 5.69 Å². The molecule has 5 rings (SSSR count). The molecule has 6 nitrogen and oxygen atoms in total. The third kappa shape index (κ3) is 4.57. The van der Waals surface area contributed by atoms with Gasteiger partial charge in [0.2, 0.25) is 0 Å². The van der Waals surface area contributed by atoms with Gasteiger partial charge < -0.3 is 15.1 Å². The van der Waals surface area contributed by atoms with E-state index in [1.807, 2.05) is 31.3 Å². The lowest BCUT2D eigenvalue weighted by atomic mass is 9.84. The van der Waals surface area contributed by atoms with Gasteiger partial charge in [-0.05, 0) is 92.7 Å². The first kappa shape index (κ1) is 22.9. The summed E-state index contributed by atoms with van der Waals surface area (Å²) >= 11 is 6.08. The van der Waals surface area contributed by atoms with Crippen molar-refractivity contribution in [2.24, 2.45) is 0 Å². The largest absolute Gasteiger partial charge is 0.369 e. The number of carbonyl (C=O) groups excluding carboxylic acids is 1. The fourth-order valence-corrected chi connectivity index (χ4v) is 5.45. The molecule has 2 heterocycles. The molecule has 7 heteroatoms. The molecule has 1 amide bonds. The van der Waals surface area contributed by atoms with Crippen LogP contribution in [0.15, 0.2) is 42.6 Å². The minimum absolute atomic E-state index is 0.107. The maximum absolute atomic E-state index is 13.1. The summed E-state index contributed by atoms with van der Waals surface area (Å²) in [7, 11) is 2.18. The van der Waals surface area contributed by atoms with Crippen LogP contribution in [0, 0.1) is 13.8 Å². The molecule has 1 saturated heterocycles. The first-order valence-electron chi connectivity index (χ1n) is 12.1. The Hall–Kier alpha value is -2.83. The zero-order chi connectivity index (χ0) is 23.8. The van der Waals surface area contributed by atoms with Crippen molar-refractivity contribution in [1.82, 2.24) is 20.0 Å². The topological polar surface area (TPSA) is 53.4 Å². The summed E-state index contributed by atoms with van der Waals surface area (Å²) in [4.78, 5) is 18.0. The number of hydrogen-bond donors (Lipinski definition) is 1. The lowest BCUT2D eigenvalue weighted by molar-refractivity contribution is 0.0928. The number of aryl methyl sites for hydroxylation is 2. The van der Waals surface area contributed by atoms with Crippen LogP contribution in [0.25, 0.3) is 5.69 Å². The summed E-state index contributed by atoms with van der Waals surface area (Å²) in [5.74, 6) is -0.118. The van der Waals surface area contributed by atoms with E-state index in [1.54, 1.807) is 10.7 Å². The Kier molecular flexibility index (Phi) is 6.36. The molecule has 1 aliphatic carbocycles. The van der Waals surface area contributed by atoms with Gasteiger partial charge in [-0.25, -0.2) is 4.68 Å². The van der Waals surface area contributed by atoms with Gasteiger partial charge in [0, 0.05) is 49.1 Å². The van der Waals surface area contributed by atoms with Crippen LogP contribution in [0.5, 0.6) is 0 Å². The highest BCUT2D eigenvalue weighted by atomic mass is 35.5. The molecule has 1 N–H and O–H groups in total. The predicted molar refractivity (Wildman–Crippen MR) is 137 cm³/mol. The number of nitrogens with zero attached hydrogens (tertiary/aromatic N) is 4. The van der Waals surface area contributed by atoms with Crippen LogP contribution in [-0.2, 0) is 12.8 Å². The third-order valence-electron chi connectivity index (χ3n) is 7.24. The Morgan fingerprint density at radius 3 is 2.53 bits per heavy atom. The highest BCUT2D eigenvalue weighted by Crippen LogP contribution is 2.33. The number of nitrogens with one attached hydrogen (secondary N) is 1. The Balaban J connectivity index is 1.32. The van der Waals surface area contributed by atoms with Gasteiger partial charge in [-0.3, -0.25) is 4.79 Å². The van der Waals surface area contributed by atoms with E-state index in [4.69, 9.17) is 11.6 Å². The van der Waals surface area contributed by atoms with Gasteiger partial charge in [-0.1, -0.05) is 17.7 Å². The summed E-state index contributed by atoms with van der Waals surface area (Å²) in [6, 6.07) is 12.1. The maximum atomic E-state index is 13.1. The van der Waals surface area contributed by atoms with Gasteiger partial charge in [-0.2, -0.15) is 5.10 Å². The second-order valence-corrected chi connectivity index (χ2v) is 10.1. The van der Waals surface area contributed by atoms with Gasteiger partial charge in [0.15, 0.2) is 5.69 Å². The van der Waals surface area contributed by atoms with Gasteiger partial charge >= 0.3 is 0 Å². The van der Waals surface area contributed by atoms with E-state index in [-0.39, 0.29) is 11.9 Å². The molecule has 1 aliphatic heterocycles. The van der Waals surface area contributed by atoms with Crippen molar-refractivity contribution < 1.29 is 4.79 Å². The monoisotopic (exact) mass is 477 g/mol. The van der Waals surface area contributed by atoms with E-state index >= 15 is 0 Å². The number of amides is 1. The average molecular weight is 478 g/mol. The van der Waals surface area contributed by atoms with Gasteiger partial charge in [-0.15, -0.1) is 0 Å². The number of aromatic nitrogens is 2. The van der Waals surface area contributed by atoms with Crippen molar-refractivity contribution in [3.05, 3.63) is 75.6 Å². The van der Waals surface area contributed by atoms with Crippen LogP contribution < -0.4 is 10.2 Å². The van der Waals surface area contributed by atoms with Crippen LogP contribution in [0.4, 0.5) is 5.69 Å². The van der Waals surface area contributed by atoms with E-state index in [2.05, 4.69) is 46.3 Å². The normalized spacial score (nSPS) is 18.6. The highest BCUT2D eigenvalue weighted by molar-refractivity contribution is 6.30. The standard InChI is InChI=1S/C27H32ClN5O/c1-18-4-8-26(32-14-12-31(3)13-15-32)23-17-21(6-7-22(18)23)29-27(34)24-10-11-33(30-24)25-9-5-20(28)16-19(25)2/h4-5,8-11,16,21H,6-7,12-15,17H2,1-3H3,(H,29,34)/t21-/m0/s1. The zero-order valence-electron chi connectivity index (χ0n) is 20.1. The molecule has 0 bridgehead atoms. The SMILES string of the molecule is Cc1cc(Cl)ccc1-n1ccc(C(=O)N[C@H]2CCc3c(C)ccc(N4CCN(C)CC4)c3C2)n1. The Morgan fingerprint density at radius 1 is 1.00 bits per heavy atom. The molecule has 178 valence electrons. The second kappa shape index (κ2) is 9.43. The number of rotatable bonds is 4. The van der Waals surface area contributed by atoms with E-state index in [9.17, 15) is 4.79 Å². The van der Waals surface area contributed by atoms with Crippen molar-refractivity contribution >= 4 is 23.2 Å². The Labute approximate surface area is 206 Å². The number of fused-ring (bicyclic) bond motifs is 1. The molecule has 1 atom stereocenters. The van der Waals surface area contributed by atoms with E-state index in [1.165, 1.54) is 22.4 Å².